The van der Waals surface area contributed by atoms with E-state index in [1.165, 1.54) is 42.5 Å². The molecule has 2 aromatic carbocycles. The molecule has 0 amide bonds. The van der Waals surface area contributed by atoms with Gasteiger partial charge in [-0.15, -0.1) is 0 Å². The summed E-state index contributed by atoms with van der Waals surface area (Å²) in [5.74, 6) is -1.44. The number of benzene rings is 2. The van der Waals surface area contributed by atoms with Crippen molar-refractivity contribution in [1.82, 2.24) is 29.9 Å². The molecule has 0 spiro atoms. The van der Waals surface area contributed by atoms with Crippen LogP contribution in [-0.2, 0) is 40.7 Å². The summed E-state index contributed by atoms with van der Waals surface area (Å²) in [7, 11) is -9.78. The fourth-order valence-corrected chi connectivity index (χ4v) is 6.46. The predicted octanol–water partition coefficient (Wildman–Crippen LogP) is -14.4. The van der Waals surface area contributed by atoms with Crippen LogP contribution in [0, 0.1) is 0 Å². The molecule has 65 heavy (non-hydrogen) atoms. The first-order valence-electron chi connectivity index (χ1n) is 17.1. The Kier molecular flexibility index (Phi) is 31.5. The molecule has 4 aromatic rings. The summed E-state index contributed by atoms with van der Waals surface area (Å²) in [5.41, 5.74) is 0.0477. The molecule has 3 atom stereocenters. The molecule has 3 unspecified atom stereocenters. The molecule has 35 heteroatoms. The largest absolute Gasteiger partial charge is 1.00 e. The van der Waals surface area contributed by atoms with Crippen molar-refractivity contribution in [2.45, 2.75) is 22.0 Å². The molecule has 4 rings (SSSR count). The standard InChI is InChI=1S/C30H40N12O15S4.4Na/c43-15-21(45)13-33-27-37-25(31-7-9-58-57-56-47)39-29(41-27)35-19-5-3-17(23(11-19)59(48)49)1-2-18-4-6-20(12-24(18)61(53,54)55)36-30-40-26(32-8-10-60(50,51)52)38-28(42-30)34-14-22(46)16-44;;;;/h1-6,11-12,21-22,43-47H,7-10,13-16H2,(H,48,49)(H,50,51,52)(H,53,54,55)(H3,31,33,35,37,39,41)(H3,32,34,36,38,40,42);;;;/q;4*+1/p-4. The third kappa shape index (κ3) is 23.4. The summed E-state index contributed by atoms with van der Waals surface area (Å²) in [5, 5.41) is 67.2. The molecule has 0 aliphatic heterocycles. The van der Waals surface area contributed by atoms with E-state index in [1.54, 1.807) is 0 Å². The van der Waals surface area contributed by atoms with E-state index in [-0.39, 0.29) is 207 Å². The topological polar surface area (TPSA) is 426 Å². The molecule has 2 aromatic heterocycles. The van der Waals surface area contributed by atoms with E-state index in [1.807, 2.05) is 0 Å². The number of nitrogens with zero attached hydrogens (tertiary/aromatic N) is 6. The SMILES string of the molecule is O=S([O-])c1cc(Nc2nc(NCCSOO[O-])nc(NCC(O)CO)n2)ccc1C=Cc1ccc(Nc2nc(NCCS(=O)(=O)[O-])nc(NCC(O)CO)n2)cc1S(=O)(=O)[O-].[Na+].[Na+].[Na+].[Na+]. The van der Waals surface area contributed by atoms with Crippen LogP contribution < -0.4 is 155 Å². The molecule has 0 fully saturated rings. The fraction of sp³-hybridized carbons (Fsp3) is 0.333. The van der Waals surface area contributed by atoms with Gasteiger partial charge in [-0.2, -0.15) is 34.2 Å². The van der Waals surface area contributed by atoms with E-state index in [2.05, 4.69) is 71.2 Å². The van der Waals surface area contributed by atoms with Crippen molar-refractivity contribution in [3.8, 4) is 0 Å². The van der Waals surface area contributed by atoms with E-state index in [4.69, 9.17) is 10.2 Å². The maximum atomic E-state index is 12.4. The van der Waals surface area contributed by atoms with Crippen LogP contribution in [-0.4, -0.2) is 148 Å². The zero-order valence-electron chi connectivity index (χ0n) is 35.0. The predicted molar refractivity (Wildman–Crippen MR) is 213 cm³/mol. The van der Waals surface area contributed by atoms with E-state index in [0.29, 0.717) is 12.0 Å². The number of hydrogen-bond donors (Lipinski definition) is 10. The van der Waals surface area contributed by atoms with Gasteiger partial charge in [0.15, 0.2) is 0 Å². The molecular weight excluding hydrogens is 989 g/mol. The second-order valence-electron chi connectivity index (χ2n) is 11.9. The normalized spacial score (nSPS) is 12.6. The van der Waals surface area contributed by atoms with Gasteiger partial charge in [-0.05, 0) is 46.5 Å². The Morgan fingerprint density at radius 2 is 1.14 bits per heavy atom. The quantitative estimate of drug-likeness (QED) is 0.00408. The van der Waals surface area contributed by atoms with Gasteiger partial charge in [0, 0.05) is 60.2 Å². The van der Waals surface area contributed by atoms with Crippen molar-refractivity contribution in [3.63, 3.8) is 0 Å². The third-order valence-corrected chi connectivity index (χ3v) is 10.1. The minimum absolute atomic E-state index is 0. The second-order valence-corrected chi connectivity index (χ2v) is 16.5. The molecule has 0 saturated carbocycles. The van der Waals surface area contributed by atoms with E-state index in [9.17, 15) is 50.2 Å². The van der Waals surface area contributed by atoms with Gasteiger partial charge in [0.25, 0.3) is 0 Å². The van der Waals surface area contributed by atoms with Crippen LogP contribution in [0.1, 0.15) is 11.1 Å². The molecule has 0 aliphatic carbocycles. The van der Waals surface area contributed by atoms with Crippen molar-refractivity contribution >= 4 is 103 Å². The summed E-state index contributed by atoms with van der Waals surface area (Å²) in [6, 6.07) is 7.52. The summed E-state index contributed by atoms with van der Waals surface area (Å²) in [4.78, 5) is 23.6. The van der Waals surface area contributed by atoms with Gasteiger partial charge >= 0.3 is 118 Å². The van der Waals surface area contributed by atoms with Gasteiger partial charge in [0.2, 0.25) is 35.7 Å². The molecule has 10 N–H and O–H groups in total. The van der Waals surface area contributed by atoms with Gasteiger partial charge < -0.3 is 71.2 Å². The van der Waals surface area contributed by atoms with Gasteiger partial charge in [-0.3, -0.25) is 9.25 Å². The van der Waals surface area contributed by atoms with Crippen LogP contribution >= 0.6 is 12.0 Å². The van der Waals surface area contributed by atoms with Gasteiger partial charge in [-0.1, -0.05) is 24.3 Å². The number of aromatic nitrogens is 6. The zero-order valence-corrected chi connectivity index (χ0v) is 46.3. The van der Waals surface area contributed by atoms with Gasteiger partial charge in [0.05, 0.1) is 46.2 Å². The van der Waals surface area contributed by atoms with Crippen LogP contribution in [0.2, 0.25) is 0 Å². The smallest absolute Gasteiger partial charge is 0.768 e. The molecule has 0 bridgehead atoms. The summed E-state index contributed by atoms with van der Waals surface area (Å²) < 4.78 is 99.2. The Morgan fingerprint density at radius 3 is 1.60 bits per heavy atom. The molecule has 0 saturated heterocycles. The van der Waals surface area contributed by atoms with Crippen molar-refractivity contribution in [2.24, 2.45) is 0 Å². The Bertz CT molecular complexity index is 2390. The van der Waals surface area contributed by atoms with Crippen molar-refractivity contribution in [1.29, 1.82) is 0 Å². The zero-order chi connectivity index (χ0) is 44.6. The third-order valence-electron chi connectivity index (χ3n) is 7.29. The first-order valence-corrected chi connectivity index (χ1v) is 22.1. The van der Waals surface area contributed by atoms with E-state index in [0.717, 1.165) is 6.07 Å². The summed E-state index contributed by atoms with van der Waals surface area (Å²) in [6.07, 6.45) is 0.0626. The average Bonchev–Trinajstić information content (AvgIpc) is 3.20. The molecule has 2 heterocycles. The minimum atomic E-state index is -5.18. The van der Waals surface area contributed by atoms with E-state index < -0.39 is 73.9 Å². The second kappa shape index (κ2) is 32.0. The number of aliphatic hydroxyl groups excluding tert-OH is 4. The van der Waals surface area contributed by atoms with Crippen molar-refractivity contribution < 1.29 is 188 Å². The van der Waals surface area contributed by atoms with Crippen LogP contribution in [0.3, 0.4) is 0 Å². The maximum absolute atomic E-state index is 12.4. The van der Waals surface area contributed by atoms with E-state index >= 15 is 0 Å². The number of hydrogen-bond acceptors (Lipinski definition) is 28. The maximum Gasteiger partial charge on any atom is 1.00 e. The van der Waals surface area contributed by atoms with Crippen LogP contribution in [0.15, 0.2) is 46.2 Å². The fourth-order valence-electron chi connectivity index (χ4n) is 4.57. The van der Waals surface area contributed by atoms with Gasteiger partial charge in [-0.25, -0.2) is 16.8 Å². The number of rotatable bonds is 26. The van der Waals surface area contributed by atoms with Crippen LogP contribution in [0.25, 0.3) is 12.2 Å². The molecule has 0 radical (unpaired) electrons. The average molecular weight is 1020 g/mol. The number of anilines is 8. The first-order chi connectivity index (χ1) is 29.0. The van der Waals surface area contributed by atoms with Crippen LogP contribution in [0.4, 0.5) is 47.1 Å². The minimum Gasteiger partial charge on any atom is -0.768 e. The summed E-state index contributed by atoms with van der Waals surface area (Å²) >= 11 is -2.16. The number of nitrogens with one attached hydrogen (secondary N) is 6. The first kappa shape index (κ1) is 64.0. The number of aliphatic hydroxyl groups is 4. The Hall–Kier alpha value is -1.00. The Morgan fingerprint density at radius 1 is 0.692 bits per heavy atom. The van der Waals surface area contributed by atoms with Crippen LogP contribution in [0.5, 0.6) is 0 Å². The molecule has 27 nitrogen and oxygen atoms in total. The monoisotopic (exact) mass is 1020 g/mol. The molecule has 334 valence electrons. The van der Waals surface area contributed by atoms with Crippen molar-refractivity contribution in [2.75, 3.05) is 82.8 Å². The molecular formula is C30H36N12Na4O15S4. The van der Waals surface area contributed by atoms with Gasteiger partial charge in [0.1, 0.15) is 10.1 Å². The van der Waals surface area contributed by atoms with Crippen molar-refractivity contribution in [3.05, 3.63) is 47.5 Å². The Labute approximate surface area is 467 Å². The molecule has 0 aliphatic rings. The summed E-state index contributed by atoms with van der Waals surface area (Å²) in [6.45, 7) is -1.75. The Balaban J connectivity index is 0.0000102.